The summed E-state index contributed by atoms with van der Waals surface area (Å²) in [6.45, 7) is 5.22. The third-order valence-corrected chi connectivity index (χ3v) is 4.18. The molecule has 2 saturated heterocycles. The van der Waals surface area contributed by atoms with E-state index in [0.717, 1.165) is 6.42 Å². The number of aliphatic carboxylic acids is 1. The number of hydrogen-bond acceptors (Lipinski definition) is 3. The van der Waals surface area contributed by atoms with E-state index in [1.54, 1.807) is 9.80 Å². The molecule has 6 nitrogen and oxygen atoms in total. The number of halogens is 1. The van der Waals surface area contributed by atoms with E-state index >= 15 is 0 Å². The van der Waals surface area contributed by atoms with Crippen molar-refractivity contribution in [3.05, 3.63) is 0 Å². The van der Waals surface area contributed by atoms with Crippen molar-refractivity contribution in [1.29, 1.82) is 0 Å². The van der Waals surface area contributed by atoms with Gasteiger partial charge in [-0.3, -0.25) is 14.4 Å². The van der Waals surface area contributed by atoms with Gasteiger partial charge >= 0.3 is 5.97 Å². The number of carbonyl (C=O) groups excluding carboxylic acids is 2. The molecule has 1 N–H and O–H groups in total. The van der Waals surface area contributed by atoms with E-state index in [-0.39, 0.29) is 36.7 Å². The highest BCUT2D eigenvalue weighted by atomic mass is 35.5. The van der Waals surface area contributed by atoms with Crippen LogP contribution < -0.4 is 0 Å². The summed E-state index contributed by atoms with van der Waals surface area (Å²) in [6.07, 6.45) is 1.81. The molecular weight excluding hydrogens is 296 g/mol. The molecule has 0 aromatic heterocycles. The van der Waals surface area contributed by atoms with Crippen molar-refractivity contribution in [3.8, 4) is 0 Å². The second-order valence-electron chi connectivity index (χ2n) is 5.99. The first-order valence-corrected chi connectivity index (χ1v) is 7.23. The Labute approximate surface area is 130 Å². The average Bonchev–Trinajstić information content (AvgIpc) is 2.98. The molecule has 2 fully saturated rings. The fourth-order valence-corrected chi connectivity index (χ4v) is 3.09. The van der Waals surface area contributed by atoms with Crippen molar-refractivity contribution >= 4 is 30.2 Å². The summed E-state index contributed by atoms with van der Waals surface area (Å²) < 4.78 is 0. The fraction of sp³-hybridized carbons (Fsp3) is 0.786. The maximum atomic E-state index is 12.6. The van der Waals surface area contributed by atoms with Crippen molar-refractivity contribution in [2.45, 2.75) is 39.2 Å². The van der Waals surface area contributed by atoms with Crippen LogP contribution in [0.1, 0.15) is 33.1 Å². The molecule has 2 unspecified atom stereocenters. The molecule has 21 heavy (non-hydrogen) atoms. The Kier molecular flexibility index (Phi) is 6.01. The third-order valence-electron chi connectivity index (χ3n) is 4.18. The number of carboxylic acids is 1. The highest BCUT2D eigenvalue weighted by molar-refractivity contribution is 5.89. The molecule has 0 radical (unpaired) electrons. The van der Waals surface area contributed by atoms with Gasteiger partial charge in [-0.15, -0.1) is 12.4 Å². The van der Waals surface area contributed by atoms with Crippen LogP contribution in [0.25, 0.3) is 0 Å². The summed E-state index contributed by atoms with van der Waals surface area (Å²) in [5, 5.41) is 9.01. The highest BCUT2D eigenvalue weighted by Gasteiger charge is 2.40. The van der Waals surface area contributed by atoms with E-state index in [1.807, 2.05) is 13.8 Å². The van der Waals surface area contributed by atoms with Gasteiger partial charge in [0.25, 0.3) is 0 Å². The predicted octanol–water partition coefficient (Wildman–Crippen LogP) is 0.988. The minimum absolute atomic E-state index is 0. The molecular formula is C14H23ClN2O4. The number of carbonyl (C=O) groups is 3. The van der Waals surface area contributed by atoms with Gasteiger partial charge in [-0.25, -0.2) is 0 Å². The van der Waals surface area contributed by atoms with Crippen molar-refractivity contribution in [2.75, 3.05) is 19.6 Å². The van der Waals surface area contributed by atoms with Crippen LogP contribution in [0.2, 0.25) is 0 Å². The smallest absolute Gasteiger partial charge is 0.308 e. The number of rotatable bonds is 4. The molecule has 0 bridgehead atoms. The lowest BCUT2D eigenvalue weighted by Gasteiger charge is -2.33. The zero-order chi connectivity index (χ0) is 14.9. The molecule has 0 saturated carbocycles. The largest absolute Gasteiger partial charge is 0.481 e. The molecule has 2 aliphatic rings. The zero-order valence-electron chi connectivity index (χ0n) is 12.4. The summed E-state index contributed by atoms with van der Waals surface area (Å²) in [5.74, 6) is -1.35. The molecule has 7 heteroatoms. The highest BCUT2D eigenvalue weighted by Crippen LogP contribution is 2.24. The number of carboxylic acid groups (broad SMARTS) is 1. The topological polar surface area (TPSA) is 77.9 Å². The first-order chi connectivity index (χ1) is 9.41. The summed E-state index contributed by atoms with van der Waals surface area (Å²) in [6, 6.07) is -0.447. The summed E-state index contributed by atoms with van der Waals surface area (Å²) >= 11 is 0. The van der Waals surface area contributed by atoms with Gasteiger partial charge in [0.1, 0.15) is 6.04 Å². The van der Waals surface area contributed by atoms with Crippen LogP contribution in [0.4, 0.5) is 0 Å². The first-order valence-electron chi connectivity index (χ1n) is 7.23. The van der Waals surface area contributed by atoms with Gasteiger partial charge in [-0.05, 0) is 18.8 Å². The fourth-order valence-electron chi connectivity index (χ4n) is 3.09. The molecule has 120 valence electrons. The summed E-state index contributed by atoms with van der Waals surface area (Å²) in [5.41, 5.74) is 0. The molecule has 0 aromatic carbocycles. The Bertz CT molecular complexity index is 427. The lowest BCUT2D eigenvalue weighted by molar-refractivity contribution is -0.145. The van der Waals surface area contributed by atoms with Gasteiger partial charge in [0.15, 0.2) is 0 Å². The molecule has 2 atom stereocenters. The standard InChI is InChI=1S/C14H22N2O4.ClH/c1-9(2)12(16-6-3-4-11(16)17)13(18)15-7-5-10(8-15)14(19)20;/h9-10,12H,3-8H2,1-2H3,(H,19,20);1H. The average molecular weight is 319 g/mol. The van der Waals surface area contributed by atoms with Crippen LogP contribution in [0.5, 0.6) is 0 Å². The van der Waals surface area contributed by atoms with Crippen molar-refractivity contribution in [3.63, 3.8) is 0 Å². The maximum absolute atomic E-state index is 12.6. The van der Waals surface area contributed by atoms with Crippen LogP contribution in [0.3, 0.4) is 0 Å². The number of nitrogens with zero attached hydrogens (tertiary/aromatic N) is 2. The van der Waals surface area contributed by atoms with E-state index in [1.165, 1.54) is 0 Å². The first kappa shape index (κ1) is 17.8. The third kappa shape index (κ3) is 3.67. The second-order valence-corrected chi connectivity index (χ2v) is 5.99. The van der Waals surface area contributed by atoms with Crippen LogP contribution >= 0.6 is 12.4 Å². The van der Waals surface area contributed by atoms with Crippen molar-refractivity contribution in [1.82, 2.24) is 9.80 Å². The molecule has 2 aliphatic heterocycles. The van der Waals surface area contributed by atoms with Gasteiger partial charge in [-0.2, -0.15) is 0 Å². The van der Waals surface area contributed by atoms with Crippen molar-refractivity contribution < 1.29 is 19.5 Å². The number of amides is 2. The molecule has 2 amide bonds. The SMILES string of the molecule is CC(C)C(C(=O)N1CCC(C(=O)O)C1)N1CCCC1=O.Cl. The number of likely N-dealkylation sites (tertiary alicyclic amines) is 2. The Hall–Kier alpha value is -1.30. The van der Waals surface area contributed by atoms with E-state index in [4.69, 9.17) is 5.11 Å². The minimum atomic E-state index is -0.848. The number of hydrogen-bond donors (Lipinski definition) is 1. The van der Waals surface area contributed by atoms with Gasteiger partial charge in [0.2, 0.25) is 11.8 Å². The molecule has 2 heterocycles. The van der Waals surface area contributed by atoms with Gasteiger partial charge in [-0.1, -0.05) is 13.8 Å². The quantitative estimate of drug-likeness (QED) is 0.838. The minimum Gasteiger partial charge on any atom is -0.481 e. The molecule has 0 aliphatic carbocycles. The van der Waals surface area contributed by atoms with E-state index in [0.29, 0.717) is 25.9 Å². The van der Waals surface area contributed by atoms with Crippen LogP contribution in [0, 0.1) is 11.8 Å². The van der Waals surface area contributed by atoms with Gasteiger partial charge in [0, 0.05) is 26.1 Å². The van der Waals surface area contributed by atoms with Crippen LogP contribution in [0.15, 0.2) is 0 Å². The van der Waals surface area contributed by atoms with Gasteiger partial charge in [0.05, 0.1) is 5.92 Å². The van der Waals surface area contributed by atoms with Crippen molar-refractivity contribution in [2.24, 2.45) is 11.8 Å². The Morgan fingerprint density at radius 2 is 1.95 bits per heavy atom. The Balaban J connectivity index is 0.00000220. The molecule has 0 aromatic rings. The van der Waals surface area contributed by atoms with Gasteiger partial charge < -0.3 is 14.9 Å². The Morgan fingerprint density at radius 1 is 1.29 bits per heavy atom. The predicted molar refractivity (Wildman–Crippen MR) is 79.1 cm³/mol. The van der Waals surface area contributed by atoms with E-state index in [2.05, 4.69) is 0 Å². The van der Waals surface area contributed by atoms with E-state index < -0.39 is 17.9 Å². The van der Waals surface area contributed by atoms with Crippen LogP contribution in [-0.4, -0.2) is 58.4 Å². The lowest BCUT2D eigenvalue weighted by Crippen LogP contribution is -2.51. The summed E-state index contributed by atoms with van der Waals surface area (Å²) in [7, 11) is 0. The lowest BCUT2D eigenvalue weighted by atomic mass is 10.0. The maximum Gasteiger partial charge on any atom is 0.308 e. The Morgan fingerprint density at radius 3 is 2.38 bits per heavy atom. The molecule has 0 spiro atoms. The second kappa shape index (κ2) is 7.11. The molecule has 2 rings (SSSR count). The normalized spacial score (nSPS) is 23.4. The monoisotopic (exact) mass is 318 g/mol. The van der Waals surface area contributed by atoms with E-state index in [9.17, 15) is 14.4 Å². The zero-order valence-corrected chi connectivity index (χ0v) is 13.3. The van der Waals surface area contributed by atoms with Crippen LogP contribution in [-0.2, 0) is 14.4 Å². The summed E-state index contributed by atoms with van der Waals surface area (Å²) in [4.78, 5) is 38.8.